The lowest BCUT2D eigenvalue weighted by Gasteiger charge is -2.11. The van der Waals surface area contributed by atoms with Crippen molar-refractivity contribution >= 4 is 32.8 Å². The van der Waals surface area contributed by atoms with Gasteiger partial charge in [-0.25, -0.2) is 4.98 Å². The number of hydrogen-bond donors (Lipinski definition) is 0. The molecule has 0 saturated heterocycles. The van der Waals surface area contributed by atoms with Crippen LogP contribution in [0.25, 0.3) is 83.4 Å². The van der Waals surface area contributed by atoms with Gasteiger partial charge in [-0.1, -0.05) is 42.5 Å². The lowest BCUT2D eigenvalue weighted by Crippen LogP contribution is -1.96. The molecule has 4 aromatic carbocycles. The number of benzene rings is 4. The Bertz CT molecular complexity index is 2480. The molecule has 0 aliphatic rings. The second-order valence-corrected chi connectivity index (χ2v) is 11.3. The summed E-state index contributed by atoms with van der Waals surface area (Å²) in [5.41, 5.74) is 12.7. The van der Waals surface area contributed by atoms with Crippen molar-refractivity contribution in [2.75, 3.05) is 0 Å². The van der Waals surface area contributed by atoms with Gasteiger partial charge in [-0.2, -0.15) is 0 Å². The molecule has 5 aromatic heterocycles. The van der Waals surface area contributed by atoms with Crippen LogP contribution in [0.2, 0.25) is 0 Å². The van der Waals surface area contributed by atoms with Crippen LogP contribution < -0.4 is 0 Å². The molecule has 0 amide bonds. The molecule has 0 saturated carbocycles. The summed E-state index contributed by atoms with van der Waals surface area (Å²) in [6, 6.07) is 38.2. The number of fused-ring (bicyclic) bond motifs is 4. The maximum atomic E-state index is 5.40. The first kappa shape index (κ1) is 25.4. The number of furan rings is 2. The molecule has 0 aliphatic carbocycles. The summed E-state index contributed by atoms with van der Waals surface area (Å²) in [5.74, 6) is 0.911. The lowest BCUT2D eigenvalue weighted by atomic mass is 10.0. The van der Waals surface area contributed by atoms with Gasteiger partial charge in [0.1, 0.15) is 5.82 Å². The van der Waals surface area contributed by atoms with Gasteiger partial charge >= 0.3 is 0 Å². The van der Waals surface area contributed by atoms with E-state index >= 15 is 0 Å². The maximum Gasteiger partial charge on any atom is 0.140 e. The van der Waals surface area contributed by atoms with Gasteiger partial charge in [-0.15, -0.1) is 0 Å². The van der Waals surface area contributed by atoms with Crippen molar-refractivity contribution in [2.45, 2.75) is 0 Å². The van der Waals surface area contributed by atoms with Crippen LogP contribution in [0.4, 0.5) is 0 Å². The van der Waals surface area contributed by atoms with E-state index < -0.39 is 0 Å². The van der Waals surface area contributed by atoms with Crippen LogP contribution in [0.1, 0.15) is 0 Å². The summed E-state index contributed by atoms with van der Waals surface area (Å²) in [6.07, 6.45) is 8.81. The van der Waals surface area contributed by atoms with Crippen LogP contribution in [0.5, 0.6) is 0 Å². The molecule has 9 rings (SSSR count). The van der Waals surface area contributed by atoms with Crippen molar-refractivity contribution in [3.05, 3.63) is 140 Å². The Kier molecular flexibility index (Phi) is 5.62. The molecule has 9 aromatic rings. The Morgan fingerprint density at radius 1 is 0.556 bits per heavy atom. The molecule has 45 heavy (non-hydrogen) atoms. The summed E-state index contributed by atoms with van der Waals surface area (Å²) in [4.78, 5) is 9.69. The van der Waals surface area contributed by atoms with E-state index in [1.54, 1.807) is 25.1 Å². The molecule has 0 atom stereocenters. The quantitative estimate of drug-likeness (QED) is 0.203. The standard InChI is InChI=1S/C39H26N4O2/c1-42-38-21-26(30-15-18-45-24-30)9-12-35(38)41-39(42)28-8-11-32-33-20-25(29-14-17-44-23-29)10-13-36(33)43(37(32)22-28)31-6-4-5-27(19-31)34-7-2-3-16-40-34/h2-24H,1H3. The first-order valence-electron chi connectivity index (χ1n) is 14.8. The van der Waals surface area contributed by atoms with Crippen LogP contribution >= 0.6 is 0 Å². The monoisotopic (exact) mass is 582 g/mol. The van der Waals surface area contributed by atoms with E-state index in [9.17, 15) is 0 Å². The first-order chi connectivity index (χ1) is 22.2. The summed E-state index contributed by atoms with van der Waals surface area (Å²) < 4.78 is 15.2. The van der Waals surface area contributed by atoms with Gasteiger partial charge in [0.2, 0.25) is 0 Å². The zero-order chi connectivity index (χ0) is 29.9. The van der Waals surface area contributed by atoms with Crippen molar-refractivity contribution in [2.24, 2.45) is 7.05 Å². The molecule has 6 heteroatoms. The van der Waals surface area contributed by atoms with Crippen LogP contribution in [0, 0.1) is 0 Å². The van der Waals surface area contributed by atoms with Crippen LogP contribution in [0.15, 0.2) is 149 Å². The Labute approximate surface area is 258 Å². The molecule has 6 nitrogen and oxygen atoms in total. The number of pyridine rings is 1. The van der Waals surface area contributed by atoms with Gasteiger partial charge < -0.3 is 18.0 Å². The van der Waals surface area contributed by atoms with Gasteiger partial charge in [-0.3, -0.25) is 4.98 Å². The fourth-order valence-corrected chi connectivity index (χ4v) is 6.44. The topological polar surface area (TPSA) is 61.9 Å². The average Bonchev–Trinajstić information content (AvgIpc) is 3.91. The molecule has 0 aliphatic heterocycles. The zero-order valence-corrected chi connectivity index (χ0v) is 24.4. The van der Waals surface area contributed by atoms with Crippen LogP contribution in [0.3, 0.4) is 0 Å². The number of rotatable bonds is 5. The first-order valence-corrected chi connectivity index (χ1v) is 14.8. The molecule has 214 valence electrons. The number of hydrogen-bond acceptors (Lipinski definition) is 4. The Balaban J connectivity index is 1.27. The minimum Gasteiger partial charge on any atom is -0.472 e. The average molecular weight is 583 g/mol. The van der Waals surface area contributed by atoms with Crippen LogP contribution in [-0.2, 0) is 7.05 Å². The van der Waals surface area contributed by atoms with Crippen molar-refractivity contribution in [1.82, 2.24) is 19.1 Å². The number of imidazole rings is 1. The summed E-state index contributed by atoms with van der Waals surface area (Å²) in [7, 11) is 2.08. The van der Waals surface area contributed by atoms with Crippen molar-refractivity contribution in [3.8, 4) is 50.6 Å². The van der Waals surface area contributed by atoms with Crippen molar-refractivity contribution < 1.29 is 8.83 Å². The van der Waals surface area contributed by atoms with Gasteiger partial charge in [0.25, 0.3) is 0 Å². The number of nitrogens with zero attached hydrogens (tertiary/aromatic N) is 4. The third-order valence-electron chi connectivity index (χ3n) is 8.68. The van der Waals surface area contributed by atoms with E-state index in [1.807, 2.05) is 36.5 Å². The fraction of sp³-hybridized carbons (Fsp3) is 0.0256. The second-order valence-electron chi connectivity index (χ2n) is 11.3. The fourth-order valence-electron chi connectivity index (χ4n) is 6.44. The molecule has 0 spiro atoms. The SMILES string of the molecule is Cn1c(-c2ccc3c4cc(-c5ccoc5)ccc4n(-c4cccc(-c5ccccn5)c4)c3c2)nc2ccc(-c3ccoc3)cc21. The third kappa shape index (κ3) is 4.11. The van der Waals surface area contributed by atoms with E-state index in [0.717, 1.165) is 72.7 Å². The highest BCUT2D eigenvalue weighted by molar-refractivity contribution is 6.11. The Hall–Kier alpha value is -6.14. The third-order valence-corrected chi connectivity index (χ3v) is 8.68. The molecule has 0 unspecified atom stereocenters. The molecular weight excluding hydrogens is 556 g/mol. The predicted molar refractivity (Wildman–Crippen MR) is 179 cm³/mol. The molecule has 0 N–H and O–H groups in total. The smallest absolute Gasteiger partial charge is 0.140 e. The summed E-state index contributed by atoms with van der Waals surface area (Å²) in [6.45, 7) is 0. The largest absolute Gasteiger partial charge is 0.472 e. The highest BCUT2D eigenvalue weighted by atomic mass is 16.3. The maximum absolute atomic E-state index is 5.40. The minimum atomic E-state index is 0.911. The lowest BCUT2D eigenvalue weighted by molar-refractivity contribution is 0.568. The van der Waals surface area contributed by atoms with Gasteiger partial charge in [0, 0.05) is 52.0 Å². The molecular formula is C39H26N4O2. The summed E-state index contributed by atoms with van der Waals surface area (Å²) >= 11 is 0. The molecule has 5 heterocycles. The highest BCUT2D eigenvalue weighted by Crippen LogP contribution is 2.38. The molecule has 0 bridgehead atoms. The van der Waals surface area contributed by atoms with E-state index in [2.05, 4.69) is 100 Å². The van der Waals surface area contributed by atoms with Gasteiger partial charge in [0.05, 0.1) is 52.8 Å². The molecule has 0 fully saturated rings. The van der Waals surface area contributed by atoms with Gasteiger partial charge in [0.15, 0.2) is 0 Å². The van der Waals surface area contributed by atoms with Crippen molar-refractivity contribution in [1.29, 1.82) is 0 Å². The highest BCUT2D eigenvalue weighted by Gasteiger charge is 2.18. The number of aromatic nitrogens is 4. The minimum absolute atomic E-state index is 0.911. The van der Waals surface area contributed by atoms with E-state index in [-0.39, 0.29) is 0 Å². The van der Waals surface area contributed by atoms with Crippen LogP contribution in [-0.4, -0.2) is 19.1 Å². The number of aryl methyl sites for hydroxylation is 1. The summed E-state index contributed by atoms with van der Waals surface area (Å²) in [5, 5.41) is 2.34. The van der Waals surface area contributed by atoms with Crippen molar-refractivity contribution in [3.63, 3.8) is 0 Å². The predicted octanol–water partition coefficient (Wildman–Crippen LogP) is 9.92. The van der Waals surface area contributed by atoms with E-state index in [1.165, 1.54) is 10.8 Å². The molecule has 0 radical (unpaired) electrons. The van der Waals surface area contributed by atoms with Gasteiger partial charge in [-0.05, 0) is 77.9 Å². The second kappa shape index (κ2) is 9.96. The zero-order valence-electron chi connectivity index (χ0n) is 24.4. The Morgan fingerprint density at radius 2 is 1.33 bits per heavy atom. The van der Waals surface area contributed by atoms with E-state index in [0.29, 0.717) is 0 Å². The normalized spacial score (nSPS) is 11.7. The Morgan fingerprint density at radius 3 is 2.11 bits per heavy atom. The van der Waals surface area contributed by atoms with E-state index in [4.69, 9.17) is 13.8 Å².